The van der Waals surface area contributed by atoms with Gasteiger partial charge in [-0.25, -0.2) is 0 Å². The standard InChI is InChI=1S/C18H29NO3/c1-6-8-14(3)19(18(20)9-7-2)13-15-10-11-16(21-4)12-17(15)22-5/h10-12,14H,6-9,13H2,1-5H3. The van der Waals surface area contributed by atoms with E-state index in [1.165, 1.54) is 0 Å². The number of hydrogen-bond acceptors (Lipinski definition) is 3. The fourth-order valence-corrected chi connectivity index (χ4v) is 2.59. The van der Waals surface area contributed by atoms with E-state index in [0.717, 1.165) is 36.3 Å². The Balaban J connectivity index is 2.99. The van der Waals surface area contributed by atoms with E-state index in [4.69, 9.17) is 9.47 Å². The van der Waals surface area contributed by atoms with Crippen molar-refractivity contribution in [1.82, 2.24) is 4.90 Å². The summed E-state index contributed by atoms with van der Waals surface area (Å²) in [5, 5.41) is 0. The van der Waals surface area contributed by atoms with Gasteiger partial charge in [0.25, 0.3) is 0 Å². The maximum Gasteiger partial charge on any atom is 0.223 e. The lowest BCUT2D eigenvalue weighted by Crippen LogP contribution is -2.38. The molecule has 1 atom stereocenters. The van der Waals surface area contributed by atoms with Crippen molar-refractivity contribution < 1.29 is 14.3 Å². The van der Waals surface area contributed by atoms with Gasteiger partial charge in [0, 0.05) is 30.6 Å². The highest BCUT2D eigenvalue weighted by Gasteiger charge is 2.20. The minimum Gasteiger partial charge on any atom is -0.497 e. The van der Waals surface area contributed by atoms with Crippen molar-refractivity contribution in [2.75, 3.05) is 14.2 Å². The average Bonchev–Trinajstić information content (AvgIpc) is 2.52. The Labute approximate surface area is 134 Å². The van der Waals surface area contributed by atoms with Crippen LogP contribution >= 0.6 is 0 Å². The Hall–Kier alpha value is -1.71. The van der Waals surface area contributed by atoms with Crippen molar-refractivity contribution in [1.29, 1.82) is 0 Å². The topological polar surface area (TPSA) is 38.8 Å². The van der Waals surface area contributed by atoms with Crippen molar-refractivity contribution >= 4 is 5.91 Å². The largest absolute Gasteiger partial charge is 0.497 e. The zero-order valence-electron chi connectivity index (χ0n) is 14.5. The number of carbonyl (C=O) groups is 1. The Morgan fingerprint density at radius 3 is 2.45 bits per heavy atom. The van der Waals surface area contributed by atoms with Crippen molar-refractivity contribution in [3.8, 4) is 11.5 Å². The number of rotatable bonds is 9. The molecule has 22 heavy (non-hydrogen) atoms. The molecule has 0 N–H and O–H groups in total. The van der Waals surface area contributed by atoms with Gasteiger partial charge < -0.3 is 14.4 Å². The third-order valence-corrected chi connectivity index (χ3v) is 3.86. The van der Waals surface area contributed by atoms with Gasteiger partial charge in [-0.3, -0.25) is 4.79 Å². The zero-order chi connectivity index (χ0) is 16.5. The van der Waals surface area contributed by atoms with E-state index in [9.17, 15) is 4.79 Å². The highest BCUT2D eigenvalue weighted by Crippen LogP contribution is 2.27. The van der Waals surface area contributed by atoms with E-state index < -0.39 is 0 Å². The summed E-state index contributed by atoms with van der Waals surface area (Å²) in [6, 6.07) is 5.98. The molecule has 1 aromatic carbocycles. The summed E-state index contributed by atoms with van der Waals surface area (Å²) in [5.74, 6) is 1.73. The molecular weight excluding hydrogens is 278 g/mol. The van der Waals surface area contributed by atoms with Crippen LogP contribution in [0.5, 0.6) is 11.5 Å². The van der Waals surface area contributed by atoms with E-state index in [2.05, 4.69) is 13.8 Å². The maximum atomic E-state index is 12.4. The summed E-state index contributed by atoms with van der Waals surface area (Å²) >= 11 is 0. The summed E-state index contributed by atoms with van der Waals surface area (Å²) in [6.07, 6.45) is 3.53. The molecule has 4 heteroatoms. The van der Waals surface area contributed by atoms with Crippen molar-refractivity contribution in [2.24, 2.45) is 0 Å². The van der Waals surface area contributed by atoms with Crippen LogP contribution in [0.4, 0.5) is 0 Å². The monoisotopic (exact) mass is 307 g/mol. The smallest absolute Gasteiger partial charge is 0.223 e. The Morgan fingerprint density at radius 2 is 1.91 bits per heavy atom. The molecular formula is C18H29NO3. The Morgan fingerprint density at radius 1 is 1.18 bits per heavy atom. The second-order valence-corrected chi connectivity index (χ2v) is 5.59. The van der Waals surface area contributed by atoms with Gasteiger partial charge in [0.1, 0.15) is 11.5 Å². The second-order valence-electron chi connectivity index (χ2n) is 5.59. The molecule has 0 bridgehead atoms. The number of benzene rings is 1. The van der Waals surface area contributed by atoms with Crippen LogP contribution in [0.1, 0.15) is 52.0 Å². The molecule has 0 aliphatic carbocycles. The van der Waals surface area contributed by atoms with Gasteiger partial charge in [-0.05, 0) is 31.9 Å². The number of hydrogen-bond donors (Lipinski definition) is 0. The molecule has 0 aromatic heterocycles. The van der Waals surface area contributed by atoms with Crippen LogP contribution < -0.4 is 9.47 Å². The van der Waals surface area contributed by atoms with Crippen LogP contribution in [0.2, 0.25) is 0 Å². The molecule has 0 heterocycles. The molecule has 0 saturated carbocycles. The Bertz CT molecular complexity index is 473. The molecule has 1 aromatic rings. The van der Waals surface area contributed by atoms with Crippen LogP contribution in [0, 0.1) is 0 Å². The number of ether oxygens (including phenoxy) is 2. The Kier molecular flexibility index (Phi) is 7.78. The van der Waals surface area contributed by atoms with Crippen LogP contribution in [-0.2, 0) is 11.3 Å². The van der Waals surface area contributed by atoms with E-state index in [1.807, 2.05) is 30.0 Å². The van der Waals surface area contributed by atoms with Gasteiger partial charge in [0.05, 0.1) is 14.2 Å². The quantitative estimate of drug-likeness (QED) is 0.691. The fraction of sp³-hybridized carbons (Fsp3) is 0.611. The zero-order valence-corrected chi connectivity index (χ0v) is 14.5. The predicted octanol–water partition coefficient (Wildman–Crippen LogP) is 4.02. The average molecular weight is 307 g/mol. The number of nitrogens with zero attached hydrogens (tertiary/aromatic N) is 1. The summed E-state index contributed by atoms with van der Waals surface area (Å²) in [4.78, 5) is 14.4. The molecule has 4 nitrogen and oxygen atoms in total. The summed E-state index contributed by atoms with van der Waals surface area (Å²) in [7, 11) is 3.28. The van der Waals surface area contributed by atoms with E-state index in [1.54, 1.807) is 14.2 Å². The number of amides is 1. The van der Waals surface area contributed by atoms with Crippen molar-refractivity contribution in [3.63, 3.8) is 0 Å². The number of carbonyl (C=O) groups excluding carboxylic acids is 1. The lowest BCUT2D eigenvalue weighted by molar-refractivity contribution is -0.134. The molecule has 0 radical (unpaired) electrons. The fourth-order valence-electron chi connectivity index (χ4n) is 2.59. The molecule has 124 valence electrons. The van der Waals surface area contributed by atoms with Crippen LogP contribution in [-0.4, -0.2) is 31.1 Å². The van der Waals surface area contributed by atoms with Gasteiger partial charge in [0.2, 0.25) is 5.91 Å². The second kappa shape index (κ2) is 9.34. The van der Waals surface area contributed by atoms with Crippen molar-refractivity contribution in [2.45, 2.75) is 59.0 Å². The normalized spacial score (nSPS) is 11.9. The third-order valence-electron chi connectivity index (χ3n) is 3.86. The van der Waals surface area contributed by atoms with Crippen LogP contribution in [0.3, 0.4) is 0 Å². The van der Waals surface area contributed by atoms with Crippen molar-refractivity contribution in [3.05, 3.63) is 23.8 Å². The number of methoxy groups -OCH3 is 2. The molecule has 1 amide bonds. The third kappa shape index (κ3) is 4.93. The molecule has 0 saturated heterocycles. The van der Waals surface area contributed by atoms with Gasteiger partial charge in [-0.2, -0.15) is 0 Å². The first-order valence-corrected chi connectivity index (χ1v) is 8.07. The molecule has 0 spiro atoms. The summed E-state index contributed by atoms with van der Waals surface area (Å²) in [5.41, 5.74) is 1.01. The van der Waals surface area contributed by atoms with Crippen LogP contribution in [0.15, 0.2) is 18.2 Å². The van der Waals surface area contributed by atoms with Crippen LogP contribution in [0.25, 0.3) is 0 Å². The van der Waals surface area contributed by atoms with Gasteiger partial charge in [0.15, 0.2) is 0 Å². The molecule has 1 unspecified atom stereocenters. The summed E-state index contributed by atoms with van der Waals surface area (Å²) < 4.78 is 10.7. The highest BCUT2D eigenvalue weighted by atomic mass is 16.5. The molecule has 1 rings (SSSR count). The van der Waals surface area contributed by atoms with E-state index in [-0.39, 0.29) is 11.9 Å². The SMILES string of the molecule is CCCC(=O)N(Cc1ccc(OC)cc1OC)C(C)CCC. The minimum absolute atomic E-state index is 0.210. The lowest BCUT2D eigenvalue weighted by Gasteiger charge is -2.30. The molecule has 0 fully saturated rings. The van der Waals surface area contributed by atoms with Gasteiger partial charge >= 0.3 is 0 Å². The first-order valence-electron chi connectivity index (χ1n) is 8.07. The maximum absolute atomic E-state index is 12.4. The lowest BCUT2D eigenvalue weighted by atomic mass is 10.1. The summed E-state index contributed by atoms with van der Waals surface area (Å²) in [6.45, 7) is 6.88. The molecule has 0 aliphatic rings. The van der Waals surface area contributed by atoms with Gasteiger partial charge in [-0.15, -0.1) is 0 Å². The highest BCUT2D eigenvalue weighted by molar-refractivity contribution is 5.76. The predicted molar refractivity (Wildman–Crippen MR) is 89.4 cm³/mol. The first kappa shape index (κ1) is 18.3. The minimum atomic E-state index is 0.210. The van der Waals surface area contributed by atoms with Gasteiger partial charge in [-0.1, -0.05) is 20.3 Å². The van der Waals surface area contributed by atoms with E-state index in [0.29, 0.717) is 13.0 Å². The molecule has 0 aliphatic heterocycles. The van der Waals surface area contributed by atoms with E-state index >= 15 is 0 Å². The first-order chi connectivity index (χ1) is 10.6.